The van der Waals surface area contributed by atoms with Gasteiger partial charge >= 0.3 is 6.18 Å². The Morgan fingerprint density at radius 2 is 1.65 bits per heavy atom. The van der Waals surface area contributed by atoms with Crippen molar-refractivity contribution in [1.82, 2.24) is 5.32 Å². The minimum Gasteiger partial charge on any atom is -0.346 e. The van der Waals surface area contributed by atoms with E-state index in [1.54, 1.807) is 6.92 Å². The average Bonchev–Trinajstić information content (AvgIpc) is 2.60. The highest BCUT2D eigenvalue weighted by atomic mass is 19.4. The monoisotopic (exact) mass is 361 g/mol. The Hall–Kier alpha value is -2.89. The van der Waals surface area contributed by atoms with Gasteiger partial charge in [0.25, 0.3) is 5.91 Å². The summed E-state index contributed by atoms with van der Waals surface area (Å²) in [6.45, 7) is 1.71. The lowest BCUT2D eigenvalue weighted by Crippen LogP contribution is -2.27. The molecule has 0 aliphatic heterocycles. The van der Waals surface area contributed by atoms with E-state index in [2.05, 4.69) is 5.32 Å². The summed E-state index contributed by atoms with van der Waals surface area (Å²) < 4.78 is 51.8. The van der Waals surface area contributed by atoms with Crippen LogP contribution in [0.15, 0.2) is 60.7 Å². The zero-order valence-corrected chi connectivity index (χ0v) is 13.8. The van der Waals surface area contributed by atoms with Gasteiger partial charge in [0.15, 0.2) is 0 Å². The fourth-order valence-electron chi connectivity index (χ4n) is 2.72. The fourth-order valence-corrected chi connectivity index (χ4v) is 2.72. The zero-order valence-electron chi connectivity index (χ0n) is 13.8. The quantitative estimate of drug-likeness (QED) is 0.614. The van der Waals surface area contributed by atoms with Crippen molar-refractivity contribution in [3.05, 3.63) is 83.2 Å². The molecule has 0 saturated carbocycles. The molecule has 0 radical (unpaired) electrons. The first-order chi connectivity index (χ1) is 12.2. The van der Waals surface area contributed by atoms with E-state index < -0.39 is 29.5 Å². The lowest BCUT2D eigenvalue weighted by Gasteiger charge is -2.16. The molecule has 1 amide bonds. The molecule has 0 saturated heterocycles. The van der Waals surface area contributed by atoms with E-state index in [4.69, 9.17) is 0 Å². The summed E-state index contributed by atoms with van der Waals surface area (Å²) in [5, 5.41) is 4.63. The summed E-state index contributed by atoms with van der Waals surface area (Å²) in [5.41, 5.74) is -0.768. The second-order valence-electron chi connectivity index (χ2n) is 6.03. The standard InChI is InChI=1S/C20H15F4NO/c1-12(14-7-6-13-4-2-3-5-15(13)8-14)25-19(26)16-9-17(20(22,23)24)11-18(21)10-16/h2-12H,1H3,(H,25,26). The van der Waals surface area contributed by atoms with Crippen LogP contribution >= 0.6 is 0 Å². The maximum absolute atomic E-state index is 13.5. The molecule has 3 aromatic rings. The van der Waals surface area contributed by atoms with Crippen LogP contribution < -0.4 is 5.32 Å². The molecule has 3 aromatic carbocycles. The van der Waals surface area contributed by atoms with Crippen LogP contribution in [-0.2, 0) is 6.18 Å². The number of amides is 1. The van der Waals surface area contributed by atoms with Gasteiger partial charge < -0.3 is 5.32 Å². The largest absolute Gasteiger partial charge is 0.416 e. The molecule has 2 nitrogen and oxygen atoms in total. The Morgan fingerprint density at radius 1 is 0.962 bits per heavy atom. The highest BCUT2D eigenvalue weighted by molar-refractivity contribution is 5.94. The summed E-state index contributed by atoms with van der Waals surface area (Å²) in [7, 11) is 0. The minimum atomic E-state index is -4.72. The van der Waals surface area contributed by atoms with Crippen molar-refractivity contribution in [2.24, 2.45) is 0 Å². The maximum atomic E-state index is 13.5. The lowest BCUT2D eigenvalue weighted by molar-refractivity contribution is -0.137. The van der Waals surface area contributed by atoms with Crippen molar-refractivity contribution < 1.29 is 22.4 Å². The van der Waals surface area contributed by atoms with E-state index in [1.165, 1.54) is 0 Å². The predicted octanol–water partition coefficient (Wildman–Crippen LogP) is 5.49. The molecule has 1 N–H and O–H groups in total. The third-order valence-electron chi connectivity index (χ3n) is 4.11. The fraction of sp³-hybridized carbons (Fsp3) is 0.150. The number of hydrogen-bond donors (Lipinski definition) is 1. The Labute approximate surface area is 147 Å². The van der Waals surface area contributed by atoms with E-state index in [-0.39, 0.29) is 5.56 Å². The maximum Gasteiger partial charge on any atom is 0.416 e. The van der Waals surface area contributed by atoms with E-state index >= 15 is 0 Å². The molecule has 0 aliphatic rings. The van der Waals surface area contributed by atoms with Gasteiger partial charge in [0.05, 0.1) is 11.6 Å². The molecule has 0 aromatic heterocycles. The van der Waals surface area contributed by atoms with Gasteiger partial charge in [0.2, 0.25) is 0 Å². The first-order valence-electron chi connectivity index (χ1n) is 7.91. The second kappa shape index (κ2) is 6.78. The number of carbonyl (C=O) groups is 1. The van der Waals surface area contributed by atoms with E-state index in [9.17, 15) is 22.4 Å². The lowest BCUT2D eigenvalue weighted by atomic mass is 10.0. The molecule has 0 bridgehead atoms. The van der Waals surface area contributed by atoms with Crippen LogP contribution in [0.3, 0.4) is 0 Å². The zero-order chi connectivity index (χ0) is 18.9. The molecular weight excluding hydrogens is 346 g/mol. The van der Waals surface area contributed by atoms with Gasteiger partial charge in [0.1, 0.15) is 5.82 Å². The number of fused-ring (bicyclic) bond motifs is 1. The topological polar surface area (TPSA) is 29.1 Å². The highest BCUT2D eigenvalue weighted by Gasteiger charge is 2.32. The summed E-state index contributed by atoms with van der Waals surface area (Å²) in [5.74, 6) is -1.88. The Bertz CT molecular complexity index is 965. The molecule has 134 valence electrons. The smallest absolute Gasteiger partial charge is 0.346 e. The van der Waals surface area contributed by atoms with Crippen LogP contribution in [0.1, 0.15) is 34.5 Å². The van der Waals surface area contributed by atoms with Gasteiger partial charge in [-0.05, 0) is 47.5 Å². The summed E-state index contributed by atoms with van der Waals surface area (Å²) >= 11 is 0. The van der Waals surface area contributed by atoms with Gasteiger partial charge in [-0.25, -0.2) is 4.39 Å². The number of carbonyl (C=O) groups excluding carboxylic acids is 1. The summed E-state index contributed by atoms with van der Waals surface area (Å²) in [6.07, 6.45) is -4.72. The van der Waals surface area contributed by atoms with Crippen LogP contribution in [0.4, 0.5) is 17.6 Å². The average molecular weight is 361 g/mol. The van der Waals surface area contributed by atoms with Crippen molar-refractivity contribution in [2.75, 3.05) is 0 Å². The molecule has 0 heterocycles. The molecule has 1 atom stereocenters. The van der Waals surface area contributed by atoms with Gasteiger partial charge in [-0.1, -0.05) is 36.4 Å². The van der Waals surface area contributed by atoms with Crippen molar-refractivity contribution in [1.29, 1.82) is 0 Å². The van der Waals surface area contributed by atoms with Crippen LogP contribution in [0.2, 0.25) is 0 Å². The minimum absolute atomic E-state index is 0.365. The van der Waals surface area contributed by atoms with E-state index in [0.29, 0.717) is 12.1 Å². The second-order valence-corrected chi connectivity index (χ2v) is 6.03. The predicted molar refractivity (Wildman–Crippen MR) is 91.2 cm³/mol. The highest BCUT2D eigenvalue weighted by Crippen LogP contribution is 2.30. The van der Waals surface area contributed by atoms with Crippen molar-refractivity contribution in [2.45, 2.75) is 19.1 Å². The molecule has 3 rings (SSSR count). The molecule has 0 spiro atoms. The van der Waals surface area contributed by atoms with E-state index in [0.717, 1.165) is 22.4 Å². The van der Waals surface area contributed by atoms with Crippen LogP contribution in [0.5, 0.6) is 0 Å². The van der Waals surface area contributed by atoms with Gasteiger partial charge in [-0.3, -0.25) is 4.79 Å². The number of rotatable bonds is 3. The Kier molecular flexibility index (Phi) is 4.68. The Morgan fingerprint density at radius 3 is 2.35 bits per heavy atom. The van der Waals surface area contributed by atoms with Gasteiger partial charge in [-0.15, -0.1) is 0 Å². The van der Waals surface area contributed by atoms with Gasteiger partial charge in [-0.2, -0.15) is 13.2 Å². The molecule has 0 aliphatic carbocycles. The molecule has 6 heteroatoms. The van der Waals surface area contributed by atoms with Crippen LogP contribution in [0, 0.1) is 5.82 Å². The molecule has 0 fully saturated rings. The summed E-state index contributed by atoms with van der Waals surface area (Å²) in [6, 6.07) is 14.7. The van der Waals surface area contributed by atoms with Crippen molar-refractivity contribution >= 4 is 16.7 Å². The number of hydrogen-bond acceptors (Lipinski definition) is 1. The van der Waals surface area contributed by atoms with Crippen molar-refractivity contribution in [3.63, 3.8) is 0 Å². The first kappa shape index (κ1) is 17.9. The number of halogens is 4. The van der Waals surface area contributed by atoms with Crippen LogP contribution in [0.25, 0.3) is 10.8 Å². The third kappa shape index (κ3) is 3.85. The number of alkyl halides is 3. The third-order valence-corrected chi connectivity index (χ3v) is 4.11. The number of nitrogens with one attached hydrogen (secondary N) is 1. The molecule has 1 unspecified atom stereocenters. The normalized spacial score (nSPS) is 12.8. The van der Waals surface area contributed by atoms with E-state index in [1.807, 2.05) is 42.5 Å². The molecular formula is C20H15F4NO. The number of benzene rings is 3. The summed E-state index contributed by atoms with van der Waals surface area (Å²) in [4.78, 5) is 12.3. The SMILES string of the molecule is CC(NC(=O)c1cc(F)cc(C(F)(F)F)c1)c1ccc2ccccc2c1. The van der Waals surface area contributed by atoms with Crippen LogP contribution in [-0.4, -0.2) is 5.91 Å². The van der Waals surface area contributed by atoms with Gasteiger partial charge in [0, 0.05) is 5.56 Å². The first-order valence-corrected chi connectivity index (χ1v) is 7.91. The molecule has 26 heavy (non-hydrogen) atoms. The van der Waals surface area contributed by atoms with Crippen molar-refractivity contribution in [3.8, 4) is 0 Å². The Balaban J connectivity index is 1.83.